The van der Waals surface area contributed by atoms with Crippen LogP contribution in [-0.2, 0) is 0 Å². The molecule has 2 heteroatoms. The average molecular weight is 212 g/mol. The third-order valence-corrected chi connectivity index (χ3v) is 3.31. The number of unbranched alkanes of at least 4 members (excludes halogenated alkanes) is 1. The van der Waals surface area contributed by atoms with E-state index in [1.54, 1.807) is 0 Å². The molecule has 15 heavy (non-hydrogen) atoms. The van der Waals surface area contributed by atoms with Crippen LogP contribution in [0.15, 0.2) is 0 Å². The van der Waals surface area contributed by atoms with Gasteiger partial charge in [-0.2, -0.15) is 0 Å². The molecule has 1 aliphatic carbocycles. The second kappa shape index (κ2) is 7.24. The lowest BCUT2D eigenvalue weighted by Crippen LogP contribution is -2.27. The Morgan fingerprint density at radius 2 is 2.07 bits per heavy atom. The predicted molar refractivity (Wildman–Crippen MR) is 67.3 cm³/mol. The second-order valence-electron chi connectivity index (χ2n) is 5.06. The van der Waals surface area contributed by atoms with Crippen LogP contribution in [0, 0.1) is 0 Å². The molecule has 90 valence electrons. The summed E-state index contributed by atoms with van der Waals surface area (Å²) in [6.45, 7) is 7.00. The predicted octanol–water partition coefficient (Wildman–Crippen LogP) is 2.64. The molecule has 1 fully saturated rings. The Labute approximate surface area is 95.4 Å². The molecule has 0 bridgehead atoms. The molecule has 0 aromatic heterocycles. The van der Waals surface area contributed by atoms with Crippen molar-refractivity contribution in [1.29, 1.82) is 0 Å². The van der Waals surface area contributed by atoms with E-state index in [1.165, 1.54) is 51.6 Å². The van der Waals surface area contributed by atoms with Crippen LogP contribution in [0.25, 0.3) is 0 Å². The summed E-state index contributed by atoms with van der Waals surface area (Å²) < 4.78 is 0. The molecule has 0 saturated heterocycles. The van der Waals surface area contributed by atoms with Crippen LogP contribution in [0.4, 0.5) is 0 Å². The topological polar surface area (TPSA) is 15.3 Å². The summed E-state index contributed by atoms with van der Waals surface area (Å²) in [5.41, 5.74) is 0. The molecule has 0 heterocycles. The van der Waals surface area contributed by atoms with Crippen LogP contribution in [0.1, 0.15) is 52.4 Å². The standard InChI is InChI=1S/C13H28N2/c1-4-10-14-12(2)7-5-6-11-15(3)13-8-9-13/h12-14H,4-11H2,1-3H3. The normalized spacial score (nSPS) is 18.4. The van der Waals surface area contributed by atoms with Gasteiger partial charge in [0.15, 0.2) is 0 Å². The SMILES string of the molecule is CCCNC(C)CCCCN(C)C1CC1. The molecule has 1 saturated carbocycles. The van der Waals surface area contributed by atoms with Gasteiger partial charge in [-0.3, -0.25) is 0 Å². The van der Waals surface area contributed by atoms with E-state index < -0.39 is 0 Å². The minimum absolute atomic E-state index is 0.705. The lowest BCUT2D eigenvalue weighted by molar-refractivity contribution is 0.311. The first-order chi connectivity index (χ1) is 7.24. The van der Waals surface area contributed by atoms with Crippen molar-refractivity contribution in [2.75, 3.05) is 20.1 Å². The van der Waals surface area contributed by atoms with Gasteiger partial charge < -0.3 is 10.2 Å². The van der Waals surface area contributed by atoms with E-state index in [0.717, 1.165) is 6.04 Å². The van der Waals surface area contributed by atoms with Gasteiger partial charge in [0.1, 0.15) is 0 Å². The average Bonchev–Trinajstić information content (AvgIpc) is 3.04. The van der Waals surface area contributed by atoms with Gasteiger partial charge in [-0.15, -0.1) is 0 Å². The molecule has 1 aliphatic rings. The van der Waals surface area contributed by atoms with Gasteiger partial charge in [0.2, 0.25) is 0 Å². The van der Waals surface area contributed by atoms with E-state index in [1.807, 2.05) is 0 Å². The van der Waals surface area contributed by atoms with E-state index in [2.05, 4.69) is 31.1 Å². The minimum atomic E-state index is 0.705. The minimum Gasteiger partial charge on any atom is -0.314 e. The summed E-state index contributed by atoms with van der Waals surface area (Å²) in [7, 11) is 2.27. The molecule has 0 aliphatic heterocycles. The van der Waals surface area contributed by atoms with Gasteiger partial charge in [-0.25, -0.2) is 0 Å². The summed E-state index contributed by atoms with van der Waals surface area (Å²) in [6, 6.07) is 1.64. The van der Waals surface area contributed by atoms with Crippen molar-refractivity contribution in [3.63, 3.8) is 0 Å². The Morgan fingerprint density at radius 1 is 1.33 bits per heavy atom. The van der Waals surface area contributed by atoms with E-state index >= 15 is 0 Å². The highest BCUT2D eigenvalue weighted by molar-refractivity contribution is 4.82. The van der Waals surface area contributed by atoms with Crippen molar-refractivity contribution in [2.45, 2.75) is 64.5 Å². The fourth-order valence-corrected chi connectivity index (χ4v) is 2.00. The smallest absolute Gasteiger partial charge is 0.00933 e. The first-order valence-electron chi connectivity index (χ1n) is 6.67. The summed E-state index contributed by atoms with van der Waals surface area (Å²) in [5, 5.41) is 3.54. The maximum atomic E-state index is 3.54. The fraction of sp³-hybridized carbons (Fsp3) is 1.00. The van der Waals surface area contributed by atoms with Crippen molar-refractivity contribution in [2.24, 2.45) is 0 Å². The molecule has 1 atom stereocenters. The van der Waals surface area contributed by atoms with Crippen molar-refractivity contribution in [3.8, 4) is 0 Å². The van der Waals surface area contributed by atoms with Crippen LogP contribution in [-0.4, -0.2) is 37.1 Å². The molecular weight excluding hydrogens is 184 g/mol. The highest BCUT2D eigenvalue weighted by atomic mass is 15.1. The largest absolute Gasteiger partial charge is 0.314 e. The first kappa shape index (κ1) is 13.0. The fourth-order valence-electron chi connectivity index (χ4n) is 2.00. The lowest BCUT2D eigenvalue weighted by Gasteiger charge is -2.16. The molecule has 0 aromatic carbocycles. The first-order valence-corrected chi connectivity index (χ1v) is 6.67. The van der Waals surface area contributed by atoms with Crippen molar-refractivity contribution >= 4 is 0 Å². The van der Waals surface area contributed by atoms with E-state index in [0.29, 0.717) is 6.04 Å². The number of nitrogens with zero attached hydrogens (tertiary/aromatic N) is 1. The highest BCUT2D eigenvalue weighted by Crippen LogP contribution is 2.25. The van der Waals surface area contributed by atoms with Crippen LogP contribution >= 0.6 is 0 Å². The molecule has 0 spiro atoms. The summed E-state index contributed by atoms with van der Waals surface area (Å²) >= 11 is 0. The Hall–Kier alpha value is -0.0800. The number of nitrogens with one attached hydrogen (secondary N) is 1. The van der Waals surface area contributed by atoms with Crippen LogP contribution in [0.3, 0.4) is 0 Å². The van der Waals surface area contributed by atoms with Crippen LogP contribution in [0.5, 0.6) is 0 Å². The van der Waals surface area contributed by atoms with Crippen molar-refractivity contribution in [3.05, 3.63) is 0 Å². The monoisotopic (exact) mass is 212 g/mol. The lowest BCUT2D eigenvalue weighted by atomic mass is 10.1. The van der Waals surface area contributed by atoms with E-state index in [9.17, 15) is 0 Å². The maximum absolute atomic E-state index is 3.54. The Bertz CT molecular complexity index is 155. The van der Waals surface area contributed by atoms with Gasteiger partial charge in [0.05, 0.1) is 0 Å². The zero-order valence-corrected chi connectivity index (χ0v) is 10.8. The number of hydrogen-bond donors (Lipinski definition) is 1. The maximum Gasteiger partial charge on any atom is 0.00933 e. The van der Waals surface area contributed by atoms with Gasteiger partial charge in [-0.1, -0.05) is 13.3 Å². The Kier molecular flexibility index (Phi) is 6.26. The quantitative estimate of drug-likeness (QED) is 0.591. The van der Waals surface area contributed by atoms with Crippen molar-refractivity contribution < 1.29 is 0 Å². The van der Waals surface area contributed by atoms with E-state index in [4.69, 9.17) is 0 Å². The summed E-state index contributed by atoms with van der Waals surface area (Å²) in [4.78, 5) is 2.53. The molecular formula is C13H28N2. The molecule has 1 unspecified atom stereocenters. The van der Waals surface area contributed by atoms with Gasteiger partial charge in [-0.05, 0) is 59.2 Å². The number of rotatable bonds is 9. The molecule has 0 aromatic rings. The summed E-state index contributed by atoms with van der Waals surface area (Å²) in [6.07, 6.45) is 8.18. The second-order valence-corrected chi connectivity index (χ2v) is 5.06. The van der Waals surface area contributed by atoms with Crippen LogP contribution < -0.4 is 5.32 Å². The summed E-state index contributed by atoms with van der Waals surface area (Å²) in [5.74, 6) is 0. The molecule has 1 N–H and O–H groups in total. The Balaban J connectivity index is 1.86. The van der Waals surface area contributed by atoms with E-state index in [-0.39, 0.29) is 0 Å². The highest BCUT2D eigenvalue weighted by Gasteiger charge is 2.25. The molecule has 0 radical (unpaired) electrons. The molecule has 2 nitrogen and oxygen atoms in total. The zero-order valence-electron chi connectivity index (χ0n) is 10.8. The molecule has 1 rings (SSSR count). The van der Waals surface area contributed by atoms with Gasteiger partial charge >= 0.3 is 0 Å². The van der Waals surface area contributed by atoms with Crippen molar-refractivity contribution in [1.82, 2.24) is 10.2 Å². The third-order valence-electron chi connectivity index (χ3n) is 3.31. The van der Waals surface area contributed by atoms with Crippen LogP contribution in [0.2, 0.25) is 0 Å². The Morgan fingerprint density at radius 3 is 2.67 bits per heavy atom. The van der Waals surface area contributed by atoms with Gasteiger partial charge in [0, 0.05) is 12.1 Å². The number of hydrogen-bond acceptors (Lipinski definition) is 2. The zero-order chi connectivity index (χ0) is 11.1. The van der Waals surface area contributed by atoms with Gasteiger partial charge in [0.25, 0.3) is 0 Å². The third kappa shape index (κ3) is 6.16. The molecule has 0 amide bonds.